The van der Waals surface area contributed by atoms with Crippen LogP contribution in [0, 0.1) is 0 Å². The van der Waals surface area contributed by atoms with E-state index in [4.69, 9.17) is 22.5 Å². The highest BCUT2D eigenvalue weighted by Crippen LogP contribution is 2.24. The van der Waals surface area contributed by atoms with Crippen LogP contribution < -0.4 is 11.1 Å². The van der Waals surface area contributed by atoms with Gasteiger partial charge in [0.05, 0.1) is 4.99 Å². The fourth-order valence-electron chi connectivity index (χ4n) is 1.70. The Balaban J connectivity index is 1.98. The van der Waals surface area contributed by atoms with Crippen molar-refractivity contribution >= 4 is 28.7 Å². The average molecular weight is 289 g/mol. The van der Waals surface area contributed by atoms with Crippen molar-refractivity contribution in [2.45, 2.75) is 32.6 Å². The molecule has 20 heavy (non-hydrogen) atoms. The van der Waals surface area contributed by atoms with Crippen molar-refractivity contribution in [3.63, 3.8) is 0 Å². The molecule has 1 heterocycles. The number of rotatable bonds is 3. The third-order valence-corrected chi connectivity index (χ3v) is 3.11. The second-order valence-corrected chi connectivity index (χ2v) is 6.29. The van der Waals surface area contributed by atoms with Crippen molar-refractivity contribution in [2.24, 2.45) is 0 Å². The summed E-state index contributed by atoms with van der Waals surface area (Å²) in [4.78, 5) is 0.698. The van der Waals surface area contributed by atoms with Crippen LogP contribution in [0.15, 0.2) is 34.9 Å². The number of hydrogen-bond acceptors (Lipinski definition) is 4. The van der Waals surface area contributed by atoms with Gasteiger partial charge in [0.2, 0.25) is 0 Å². The van der Waals surface area contributed by atoms with Gasteiger partial charge < -0.3 is 15.6 Å². The fraction of sp³-hybridized carbons (Fsp3) is 0.333. The number of hydrogen-bond donors (Lipinski definition) is 2. The van der Waals surface area contributed by atoms with Gasteiger partial charge >= 0.3 is 0 Å². The number of nitrogen functional groups attached to an aromatic ring is 1. The van der Waals surface area contributed by atoms with Crippen LogP contribution in [0.4, 0.5) is 11.5 Å². The minimum absolute atomic E-state index is 0.0640. The van der Waals surface area contributed by atoms with Crippen molar-refractivity contribution in [1.82, 2.24) is 5.16 Å². The summed E-state index contributed by atoms with van der Waals surface area (Å²) in [5.74, 6) is 1.48. The molecule has 4 nitrogen and oxygen atoms in total. The van der Waals surface area contributed by atoms with Crippen molar-refractivity contribution < 1.29 is 4.52 Å². The van der Waals surface area contributed by atoms with E-state index in [-0.39, 0.29) is 5.41 Å². The highest BCUT2D eigenvalue weighted by atomic mass is 32.1. The van der Waals surface area contributed by atoms with E-state index in [0.717, 1.165) is 17.0 Å². The molecular weight excluding hydrogens is 270 g/mol. The first-order valence-corrected chi connectivity index (χ1v) is 6.87. The zero-order chi connectivity index (χ0) is 14.8. The molecular formula is C15H19N3OS. The molecule has 0 atom stereocenters. The zero-order valence-corrected chi connectivity index (χ0v) is 12.8. The van der Waals surface area contributed by atoms with Crippen LogP contribution in [0.1, 0.15) is 32.1 Å². The number of nitrogens with zero attached hydrogens (tertiary/aromatic N) is 1. The van der Waals surface area contributed by atoms with E-state index in [1.807, 2.05) is 30.3 Å². The maximum absolute atomic E-state index is 5.65. The van der Waals surface area contributed by atoms with Gasteiger partial charge in [0, 0.05) is 23.6 Å². The van der Waals surface area contributed by atoms with E-state index in [1.54, 1.807) is 0 Å². The van der Waals surface area contributed by atoms with Gasteiger partial charge in [-0.1, -0.05) is 50.3 Å². The van der Waals surface area contributed by atoms with E-state index in [2.05, 4.69) is 31.2 Å². The molecule has 5 heteroatoms. The number of nitrogens with one attached hydrogen (secondary N) is 1. The molecule has 0 bridgehead atoms. The normalized spacial score (nSPS) is 11.3. The standard InChI is InChI=1S/C15H19N3OS/c1-15(2,3)12-9-13(18-19-12)17-14(20)8-10-4-6-11(16)7-5-10/h4-7,9H,8,16H2,1-3H3,(H,17,18,20). The maximum Gasteiger partial charge on any atom is 0.174 e. The summed E-state index contributed by atoms with van der Waals surface area (Å²) in [6, 6.07) is 9.55. The topological polar surface area (TPSA) is 64.1 Å². The number of benzene rings is 1. The molecule has 106 valence electrons. The molecule has 0 saturated carbocycles. The van der Waals surface area contributed by atoms with Crippen LogP contribution in [0.3, 0.4) is 0 Å². The Morgan fingerprint density at radius 1 is 1.30 bits per heavy atom. The van der Waals surface area contributed by atoms with Crippen LogP contribution >= 0.6 is 12.2 Å². The lowest BCUT2D eigenvalue weighted by Crippen LogP contribution is -2.12. The van der Waals surface area contributed by atoms with Crippen molar-refractivity contribution in [1.29, 1.82) is 0 Å². The summed E-state index contributed by atoms with van der Waals surface area (Å²) in [6.45, 7) is 6.22. The quantitative estimate of drug-likeness (QED) is 0.668. The van der Waals surface area contributed by atoms with Gasteiger partial charge in [-0.15, -0.1) is 0 Å². The summed E-state index contributed by atoms with van der Waals surface area (Å²) < 4.78 is 5.31. The first-order chi connectivity index (χ1) is 9.34. The van der Waals surface area contributed by atoms with E-state index in [0.29, 0.717) is 17.2 Å². The molecule has 1 aromatic carbocycles. The smallest absolute Gasteiger partial charge is 0.174 e. The highest BCUT2D eigenvalue weighted by Gasteiger charge is 2.19. The summed E-state index contributed by atoms with van der Waals surface area (Å²) in [5, 5.41) is 7.08. The number of aromatic nitrogens is 1. The van der Waals surface area contributed by atoms with Crippen molar-refractivity contribution in [3.05, 3.63) is 41.7 Å². The summed E-state index contributed by atoms with van der Waals surface area (Å²) in [6.07, 6.45) is 0.646. The van der Waals surface area contributed by atoms with E-state index in [1.165, 1.54) is 0 Å². The minimum Gasteiger partial charge on any atom is -0.399 e. The predicted octanol–water partition coefficient (Wildman–Crippen LogP) is 3.54. The molecule has 1 aromatic heterocycles. The van der Waals surface area contributed by atoms with Crippen LogP contribution in [-0.2, 0) is 11.8 Å². The fourth-order valence-corrected chi connectivity index (χ4v) is 1.97. The molecule has 0 radical (unpaired) electrons. The molecule has 0 saturated heterocycles. The Morgan fingerprint density at radius 2 is 1.95 bits per heavy atom. The van der Waals surface area contributed by atoms with Crippen LogP contribution in [0.25, 0.3) is 0 Å². The first kappa shape index (κ1) is 14.5. The van der Waals surface area contributed by atoms with E-state index < -0.39 is 0 Å². The number of nitrogens with two attached hydrogens (primary N) is 1. The summed E-state index contributed by atoms with van der Waals surface area (Å²) in [7, 11) is 0. The van der Waals surface area contributed by atoms with Gasteiger partial charge in [-0.2, -0.15) is 0 Å². The van der Waals surface area contributed by atoms with Crippen LogP contribution in [0.2, 0.25) is 0 Å². The molecule has 0 fully saturated rings. The lowest BCUT2D eigenvalue weighted by molar-refractivity contribution is 0.331. The molecule has 2 aromatic rings. The first-order valence-electron chi connectivity index (χ1n) is 6.46. The van der Waals surface area contributed by atoms with Gasteiger partial charge in [0.15, 0.2) is 5.82 Å². The Labute approximate surface area is 124 Å². The largest absolute Gasteiger partial charge is 0.399 e. The molecule has 0 unspecified atom stereocenters. The van der Waals surface area contributed by atoms with Crippen LogP contribution in [-0.4, -0.2) is 10.1 Å². The molecule has 0 aliphatic carbocycles. The highest BCUT2D eigenvalue weighted by molar-refractivity contribution is 7.80. The third-order valence-electron chi connectivity index (χ3n) is 2.86. The SMILES string of the molecule is CC(C)(C)c1cc(NC(=S)Cc2ccc(N)cc2)no1. The maximum atomic E-state index is 5.65. The third kappa shape index (κ3) is 3.81. The zero-order valence-electron chi connectivity index (χ0n) is 11.9. The Kier molecular flexibility index (Phi) is 4.09. The minimum atomic E-state index is -0.0640. The monoisotopic (exact) mass is 289 g/mol. The molecule has 0 aliphatic rings. The van der Waals surface area contributed by atoms with E-state index >= 15 is 0 Å². The summed E-state index contributed by atoms with van der Waals surface area (Å²) >= 11 is 5.33. The van der Waals surface area contributed by atoms with Crippen molar-refractivity contribution in [2.75, 3.05) is 11.1 Å². The predicted molar refractivity (Wildman–Crippen MR) is 86.0 cm³/mol. The number of anilines is 2. The van der Waals surface area contributed by atoms with Crippen LogP contribution in [0.5, 0.6) is 0 Å². The van der Waals surface area contributed by atoms with E-state index in [9.17, 15) is 0 Å². The van der Waals surface area contributed by atoms with Gasteiger partial charge in [0.25, 0.3) is 0 Å². The average Bonchev–Trinajstić information content (AvgIpc) is 2.80. The number of thiocarbonyl (C=S) groups is 1. The molecule has 2 rings (SSSR count). The Bertz CT molecular complexity index is 596. The lowest BCUT2D eigenvalue weighted by Gasteiger charge is -2.12. The van der Waals surface area contributed by atoms with Gasteiger partial charge in [-0.25, -0.2) is 0 Å². The van der Waals surface area contributed by atoms with Gasteiger partial charge in [0.1, 0.15) is 5.76 Å². The molecule has 0 spiro atoms. The Morgan fingerprint density at radius 3 is 2.50 bits per heavy atom. The second kappa shape index (κ2) is 5.63. The second-order valence-electron chi connectivity index (χ2n) is 5.79. The molecule has 0 amide bonds. The lowest BCUT2D eigenvalue weighted by atomic mass is 9.93. The molecule has 3 N–H and O–H groups in total. The summed E-state index contributed by atoms with van der Waals surface area (Å²) in [5.41, 5.74) is 7.45. The molecule has 0 aliphatic heterocycles. The van der Waals surface area contributed by atoms with Gasteiger partial charge in [-0.3, -0.25) is 0 Å². The Hall–Kier alpha value is -1.88. The van der Waals surface area contributed by atoms with Gasteiger partial charge in [-0.05, 0) is 17.7 Å². The van der Waals surface area contributed by atoms with Crippen molar-refractivity contribution in [3.8, 4) is 0 Å².